The standard InChI is InChI=1S/C14H15F2N5O2S/c15-13(16)23-11-5-1-9(2-6-11)7-17-12(22)8-24-14-18-19-20-21(14)10-3-4-10/h1-2,5-6,10,13H,3-4,7-8H2,(H,17,22). The van der Waals surface area contributed by atoms with Crippen molar-refractivity contribution in [2.45, 2.75) is 37.2 Å². The minimum absolute atomic E-state index is 0.0857. The summed E-state index contributed by atoms with van der Waals surface area (Å²) in [4.78, 5) is 11.9. The van der Waals surface area contributed by atoms with Gasteiger partial charge in [0.25, 0.3) is 0 Å². The Labute approximate surface area is 140 Å². The van der Waals surface area contributed by atoms with E-state index in [4.69, 9.17) is 0 Å². The summed E-state index contributed by atoms with van der Waals surface area (Å²) in [5.41, 5.74) is 0.790. The average Bonchev–Trinajstić information content (AvgIpc) is 3.30. The van der Waals surface area contributed by atoms with E-state index >= 15 is 0 Å². The van der Waals surface area contributed by atoms with Gasteiger partial charge in [-0.1, -0.05) is 23.9 Å². The number of halogens is 2. The fourth-order valence-electron chi connectivity index (χ4n) is 2.00. The number of hydrogen-bond donors (Lipinski definition) is 1. The van der Waals surface area contributed by atoms with Gasteiger partial charge in [-0.15, -0.1) is 5.10 Å². The quantitative estimate of drug-likeness (QED) is 0.730. The maximum Gasteiger partial charge on any atom is 0.387 e. The first-order valence-corrected chi connectivity index (χ1v) is 8.31. The summed E-state index contributed by atoms with van der Waals surface area (Å²) in [6.45, 7) is -2.54. The molecular formula is C14H15F2N5O2S. The molecule has 0 atom stereocenters. The van der Waals surface area contributed by atoms with Crippen molar-refractivity contribution in [3.63, 3.8) is 0 Å². The molecule has 1 aromatic carbocycles. The van der Waals surface area contributed by atoms with Crippen LogP contribution in [-0.4, -0.2) is 38.5 Å². The van der Waals surface area contributed by atoms with Gasteiger partial charge < -0.3 is 10.1 Å². The lowest BCUT2D eigenvalue weighted by atomic mass is 10.2. The van der Waals surface area contributed by atoms with Gasteiger partial charge in [-0.05, 0) is 41.0 Å². The van der Waals surface area contributed by atoms with Crippen LogP contribution in [0.2, 0.25) is 0 Å². The molecule has 0 unspecified atom stereocenters. The molecule has 128 valence electrons. The predicted molar refractivity (Wildman–Crippen MR) is 81.7 cm³/mol. The Morgan fingerprint density at radius 2 is 2.12 bits per heavy atom. The molecule has 1 aromatic heterocycles. The molecule has 1 aliphatic carbocycles. The molecule has 24 heavy (non-hydrogen) atoms. The van der Waals surface area contributed by atoms with Gasteiger partial charge in [0.1, 0.15) is 5.75 Å². The summed E-state index contributed by atoms with van der Waals surface area (Å²) in [5, 5.41) is 14.9. The highest BCUT2D eigenvalue weighted by Gasteiger charge is 2.28. The first-order valence-electron chi connectivity index (χ1n) is 7.33. The van der Waals surface area contributed by atoms with Crippen LogP contribution < -0.4 is 10.1 Å². The molecule has 0 saturated heterocycles. The molecule has 1 saturated carbocycles. The summed E-state index contributed by atoms with van der Waals surface area (Å²) in [6, 6.07) is 6.48. The average molecular weight is 355 g/mol. The van der Waals surface area contributed by atoms with Gasteiger partial charge in [0, 0.05) is 6.54 Å². The topological polar surface area (TPSA) is 81.9 Å². The van der Waals surface area contributed by atoms with Crippen LogP contribution in [0.25, 0.3) is 0 Å². The Balaban J connectivity index is 1.42. The Bertz CT molecular complexity index is 691. The van der Waals surface area contributed by atoms with Crippen LogP contribution in [0, 0.1) is 0 Å². The number of nitrogens with one attached hydrogen (secondary N) is 1. The molecular weight excluding hydrogens is 340 g/mol. The molecule has 2 aromatic rings. The first-order chi connectivity index (χ1) is 11.6. The summed E-state index contributed by atoms with van der Waals surface area (Å²) >= 11 is 1.29. The summed E-state index contributed by atoms with van der Waals surface area (Å²) in [5.74, 6) is 0.139. The van der Waals surface area contributed by atoms with Crippen LogP contribution >= 0.6 is 11.8 Å². The van der Waals surface area contributed by atoms with Gasteiger partial charge in [-0.3, -0.25) is 4.79 Å². The lowest BCUT2D eigenvalue weighted by Gasteiger charge is -2.07. The molecule has 1 heterocycles. The minimum Gasteiger partial charge on any atom is -0.435 e. The second-order valence-electron chi connectivity index (χ2n) is 5.23. The normalized spacial score (nSPS) is 14.0. The number of nitrogens with zero attached hydrogens (tertiary/aromatic N) is 4. The van der Waals surface area contributed by atoms with E-state index in [1.807, 2.05) is 0 Å². The smallest absolute Gasteiger partial charge is 0.387 e. The zero-order valence-electron chi connectivity index (χ0n) is 12.6. The number of benzene rings is 1. The Hall–Kier alpha value is -2.23. The third-order valence-corrected chi connectivity index (χ3v) is 4.26. The number of hydrogen-bond acceptors (Lipinski definition) is 6. The van der Waals surface area contributed by atoms with E-state index in [-0.39, 0.29) is 17.4 Å². The Morgan fingerprint density at radius 3 is 2.79 bits per heavy atom. The van der Waals surface area contributed by atoms with Gasteiger partial charge in [0.2, 0.25) is 11.1 Å². The maximum absolute atomic E-state index is 12.1. The molecule has 7 nitrogen and oxygen atoms in total. The van der Waals surface area contributed by atoms with Crippen molar-refractivity contribution >= 4 is 17.7 Å². The number of carbonyl (C=O) groups is 1. The molecule has 1 aliphatic rings. The van der Waals surface area contributed by atoms with Crippen molar-refractivity contribution < 1.29 is 18.3 Å². The first kappa shape index (κ1) is 16.6. The third kappa shape index (κ3) is 4.63. The van der Waals surface area contributed by atoms with Crippen LogP contribution in [0.5, 0.6) is 5.75 Å². The number of amides is 1. The van der Waals surface area contributed by atoms with Crippen molar-refractivity contribution in [3.8, 4) is 5.75 Å². The fourth-order valence-corrected chi connectivity index (χ4v) is 2.77. The third-order valence-electron chi connectivity index (χ3n) is 3.33. The van der Waals surface area contributed by atoms with E-state index in [9.17, 15) is 13.6 Å². The van der Waals surface area contributed by atoms with Crippen molar-refractivity contribution in [2.24, 2.45) is 0 Å². The van der Waals surface area contributed by atoms with Crippen LogP contribution in [-0.2, 0) is 11.3 Å². The van der Waals surface area contributed by atoms with E-state index < -0.39 is 6.61 Å². The maximum atomic E-state index is 12.1. The zero-order chi connectivity index (χ0) is 16.9. The summed E-state index contributed by atoms with van der Waals surface area (Å²) in [7, 11) is 0. The molecule has 0 radical (unpaired) electrons. The van der Waals surface area contributed by atoms with Gasteiger partial charge >= 0.3 is 6.61 Å². The lowest BCUT2D eigenvalue weighted by molar-refractivity contribution is -0.118. The van der Waals surface area contributed by atoms with Crippen LogP contribution in [0.15, 0.2) is 29.4 Å². The molecule has 0 spiro atoms. The van der Waals surface area contributed by atoms with Crippen molar-refractivity contribution in [3.05, 3.63) is 29.8 Å². The van der Waals surface area contributed by atoms with Gasteiger partial charge in [-0.2, -0.15) is 8.78 Å². The monoisotopic (exact) mass is 355 g/mol. The number of thioether (sulfide) groups is 1. The number of alkyl halides is 2. The molecule has 10 heteroatoms. The van der Waals surface area contributed by atoms with Crippen LogP contribution in [0.3, 0.4) is 0 Å². The molecule has 1 fully saturated rings. The van der Waals surface area contributed by atoms with Crippen molar-refractivity contribution in [1.82, 2.24) is 25.5 Å². The zero-order valence-corrected chi connectivity index (χ0v) is 13.4. The number of rotatable bonds is 8. The van der Waals surface area contributed by atoms with Gasteiger partial charge in [0.15, 0.2) is 0 Å². The van der Waals surface area contributed by atoms with E-state index in [0.717, 1.165) is 18.4 Å². The summed E-state index contributed by atoms with van der Waals surface area (Å²) in [6.07, 6.45) is 2.13. The Morgan fingerprint density at radius 1 is 1.38 bits per heavy atom. The SMILES string of the molecule is O=C(CSc1nnnn1C1CC1)NCc1ccc(OC(F)F)cc1. The number of ether oxygens (including phenoxy) is 1. The van der Waals surface area contributed by atoms with Gasteiger partial charge in [0.05, 0.1) is 11.8 Å². The van der Waals surface area contributed by atoms with Crippen molar-refractivity contribution in [2.75, 3.05) is 5.75 Å². The van der Waals surface area contributed by atoms with Crippen molar-refractivity contribution in [1.29, 1.82) is 0 Å². The lowest BCUT2D eigenvalue weighted by Crippen LogP contribution is -2.24. The van der Waals surface area contributed by atoms with Crippen LogP contribution in [0.4, 0.5) is 8.78 Å². The summed E-state index contributed by atoms with van der Waals surface area (Å²) < 4.78 is 30.1. The highest BCUT2D eigenvalue weighted by atomic mass is 32.2. The predicted octanol–water partition coefficient (Wildman–Crippen LogP) is 2.02. The molecule has 1 amide bonds. The van der Waals surface area contributed by atoms with E-state index in [1.165, 1.54) is 23.9 Å². The molecule has 0 bridgehead atoms. The van der Waals surface area contributed by atoms with E-state index in [2.05, 4.69) is 25.6 Å². The number of aromatic nitrogens is 4. The fraction of sp³-hybridized carbons (Fsp3) is 0.429. The highest BCUT2D eigenvalue weighted by Crippen LogP contribution is 2.36. The largest absolute Gasteiger partial charge is 0.435 e. The second kappa shape index (κ2) is 7.56. The van der Waals surface area contributed by atoms with Crippen LogP contribution in [0.1, 0.15) is 24.4 Å². The molecule has 3 rings (SSSR count). The Kier molecular flexibility index (Phi) is 5.24. The second-order valence-corrected chi connectivity index (χ2v) is 6.17. The number of carbonyl (C=O) groups excluding carboxylic acids is 1. The van der Waals surface area contributed by atoms with E-state index in [0.29, 0.717) is 17.7 Å². The number of tetrazole rings is 1. The van der Waals surface area contributed by atoms with Gasteiger partial charge in [-0.25, -0.2) is 4.68 Å². The highest BCUT2D eigenvalue weighted by molar-refractivity contribution is 7.99. The minimum atomic E-state index is -2.85. The van der Waals surface area contributed by atoms with E-state index in [1.54, 1.807) is 16.8 Å². The molecule has 0 aliphatic heterocycles. The molecule has 1 N–H and O–H groups in total.